The van der Waals surface area contributed by atoms with E-state index < -0.39 is 0 Å². The number of hydrogen-bond donors (Lipinski definition) is 1. The van der Waals surface area contributed by atoms with Crippen LogP contribution in [0.3, 0.4) is 0 Å². The molecule has 0 spiro atoms. The molecule has 4 heteroatoms. The Morgan fingerprint density at radius 3 is 2.53 bits per heavy atom. The second-order valence-corrected chi connectivity index (χ2v) is 5.54. The highest BCUT2D eigenvalue weighted by molar-refractivity contribution is 6.05. The van der Waals surface area contributed by atoms with Crippen LogP contribution in [0.4, 0.5) is 5.69 Å². The Balaban J connectivity index is 1.93. The van der Waals surface area contributed by atoms with Gasteiger partial charge in [-0.15, -0.1) is 0 Å². The summed E-state index contributed by atoms with van der Waals surface area (Å²) in [6.07, 6.45) is 3.92. The van der Waals surface area contributed by atoms with Crippen LogP contribution in [0.2, 0.25) is 0 Å². The molecule has 0 bridgehead atoms. The van der Waals surface area contributed by atoms with Gasteiger partial charge < -0.3 is 5.73 Å². The van der Waals surface area contributed by atoms with Crippen LogP contribution in [-0.2, 0) is 4.79 Å². The van der Waals surface area contributed by atoms with Crippen LogP contribution in [0.25, 0.3) is 0 Å². The fourth-order valence-corrected chi connectivity index (χ4v) is 2.64. The van der Waals surface area contributed by atoms with Gasteiger partial charge in [0.25, 0.3) is 0 Å². The number of hydrazone groups is 1. The number of carbonyl (C=O) groups is 1. The average Bonchev–Trinajstić information content (AvgIpc) is 2.32. The standard InChI is InChI=1S/C15H19N3O/c1-10-9-14(19)18(13-3-2-4-13)17-15(10)11-5-7-12(16)8-6-11/h5-8,10,13H,2-4,9,16H2,1H3. The van der Waals surface area contributed by atoms with Crippen LogP contribution < -0.4 is 5.73 Å². The molecule has 1 aliphatic heterocycles. The van der Waals surface area contributed by atoms with E-state index in [1.165, 1.54) is 6.42 Å². The first kappa shape index (κ1) is 12.2. The molecule has 1 amide bonds. The fraction of sp³-hybridized carbons (Fsp3) is 0.467. The van der Waals surface area contributed by atoms with E-state index in [4.69, 9.17) is 5.73 Å². The first-order valence-electron chi connectivity index (χ1n) is 6.91. The van der Waals surface area contributed by atoms with Gasteiger partial charge in [-0.2, -0.15) is 5.10 Å². The van der Waals surface area contributed by atoms with Crippen molar-refractivity contribution in [3.8, 4) is 0 Å². The average molecular weight is 257 g/mol. The van der Waals surface area contributed by atoms with Gasteiger partial charge in [-0.05, 0) is 37.0 Å². The second-order valence-electron chi connectivity index (χ2n) is 5.54. The van der Waals surface area contributed by atoms with Crippen molar-refractivity contribution in [1.29, 1.82) is 0 Å². The Morgan fingerprint density at radius 2 is 1.95 bits per heavy atom. The Bertz CT molecular complexity index is 517. The highest BCUT2D eigenvalue weighted by Crippen LogP contribution is 2.30. The summed E-state index contributed by atoms with van der Waals surface area (Å²) in [5, 5.41) is 6.34. The van der Waals surface area contributed by atoms with E-state index in [1.54, 1.807) is 5.01 Å². The van der Waals surface area contributed by atoms with Crippen molar-refractivity contribution in [3.05, 3.63) is 29.8 Å². The number of amides is 1. The summed E-state index contributed by atoms with van der Waals surface area (Å²) in [5.74, 6) is 0.337. The van der Waals surface area contributed by atoms with Crippen LogP contribution in [0.15, 0.2) is 29.4 Å². The van der Waals surface area contributed by atoms with Crippen molar-refractivity contribution < 1.29 is 4.79 Å². The van der Waals surface area contributed by atoms with E-state index in [2.05, 4.69) is 12.0 Å². The van der Waals surface area contributed by atoms with Crippen molar-refractivity contribution in [2.24, 2.45) is 11.0 Å². The molecule has 19 heavy (non-hydrogen) atoms. The van der Waals surface area contributed by atoms with Gasteiger partial charge in [0.05, 0.1) is 11.8 Å². The summed E-state index contributed by atoms with van der Waals surface area (Å²) in [4.78, 5) is 12.1. The third-order valence-corrected chi connectivity index (χ3v) is 4.05. The number of carbonyl (C=O) groups excluding carboxylic acids is 1. The number of benzene rings is 1. The lowest BCUT2D eigenvalue weighted by atomic mass is 9.89. The van der Waals surface area contributed by atoms with Crippen LogP contribution in [-0.4, -0.2) is 22.7 Å². The molecular formula is C15H19N3O. The molecular weight excluding hydrogens is 238 g/mol. The van der Waals surface area contributed by atoms with E-state index >= 15 is 0 Å². The largest absolute Gasteiger partial charge is 0.399 e. The maximum absolute atomic E-state index is 12.1. The summed E-state index contributed by atoms with van der Waals surface area (Å²) in [7, 11) is 0. The van der Waals surface area contributed by atoms with E-state index in [0.717, 1.165) is 29.8 Å². The van der Waals surface area contributed by atoms with Gasteiger partial charge >= 0.3 is 0 Å². The Labute approximate surface area is 113 Å². The fourth-order valence-electron chi connectivity index (χ4n) is 2.64. The minimum atomic E-state index is 0.163. The number of nitrogens with zero attached hydrogens (tertiary/aromatic N) is 2. The van der Waals surface area contributed by atoms with Gasteiger partial charge in [0.2, 0.25) is 5.91 Å². The molecule has 4 nitrogen and oxygen atoms in total. The van der Waals surface area contributed by atoms with E-state index in [-0.39, 0.29) is 11.8 Å². The topological polar surface area (TPSA) is 58.7 Å². The predicted molar refractivity (Wildman–Crippen MR) is 75.7 cm³/mol. The highest BCUT2D eigenvalue weighted by Gasteiger charge is 2.34. The molecule has 1 aliphatic carbocycles. The molecule has 1 saturated carbocycles. The molecule has 0 saturated heterocycles. The monoisotopic (exact) mass is 257 g/mol. The lowest BCUT2D eigenvalue weighted by molar-refractivity contribution is -0.136. The maximum Gasteiger partial charge on any atom is 0.243 e. The normalized spacial score (nSPS) is 24.1. The molecule has 0 aromatic heterocycles. The third kappa shape index (κ3) is 2.23. The first-order valence-corrected chi connectivity index (χ1v) is 6.91. The molecule has 1 unspecified atom stereocenters. The van der Waals surface area contributed by atoms with Gasteiger partial charge in [-0.1, -0.05) is 19.1 Å². The minimum absolute atomic E-state index is 0.163. The van der Waals surface area contributed by atoms with Gasteiger partial charge in [-0.3, -0.25) is 4.79 Å². The molecule has 0 radical (unpaired) electrons. The number of hydrogen-bond acceptors (Lipinski definition) is 3. The van der Waals surface area contributed by atoms with Crippen molar-refractivity contribution in [2.45, 2.75) is 38.6 Å². The number of anilines is 1. The zero-order chi connectivity index (χ0) is 13.4. The molecule has 2 aliphatic rings. The summed E-state index contributed by atoms with van der Waals surface area (Å²) >= 11 is 0. The zero-order valence-electron chi connectivity index (χ0n) is 11.2. The molecule has 3 rings (SSSR count). The highest BCUT2D eigenvalue weighted by atomic mass is 16.2. The second kappa shape index (κ2) is 4.68. The lowest BCUT2D eigenvalue weighted by Crippen LogP contribution is -2.45. The first-order chi connectivity index (χ1) is 9.15. The van der Waals surface area contributed by atoms with Crippen LogP contribution >= 0.6 is 0 Å². The molecule has 1 aromatic carbocycles. The molecule has 1 fully saturated rings. The van der Waals surface area contributed by atoms with Crippen LogP contribution in [0, 0.1) is 5.92 Å². The zero-order valence-corrected chi connectivity index (χ0v) is 11.2. The third-order valence-electron chi connectivity index (χ3n) is 4.05. The van der Waals surface area contributed by atoms with Gasteiger partial charge in [0, 0.05) is 18.0 Å². The molecule has 2 N–H and O–H groups in total. The van der Waals surface area contributed by atoms with Crippen LogP contribution in [0.5, 0.6) is 0 Å². The summed E-state index contributed by atoms with van der Waals surface area (Å²) in [6, 6.07) is 8.06. The van der Waals surface area contributed by atoms with Gasteiger partial charge in [0.1, 0.15) is 0 Å². The molecule has 1 aromatic rings. The maximum atomic E-state index is 12.1. The molecule has 1 atom stereocenters. The Morgan fingerprint density at radius 1 is 1.26 bits per heavy atom. The van der Waals surface area contributed by atoms with Gasteiger partial charge in [0.15, 0.2) is 0 Å². The van der Waals surface area contributed by atoms with E-state index in [1.807, 2.05) is 24.3 Å². The number of rotatable bonds is 2. The quantitative estimate of drug-likeness (QED) is 0.827. The van der Waals surface area contributed by atoms with Crippen molar-refractivity contribution in [3.63, 3.8) is 0 Å². The van der Waals surface area contributed by atoms with Crippen molar-refractivity contribution >= 4 is 17.3 Å². The Hall–Kier alpha value is -1.84. The Kier molecular flexibility index (Phi) is 3.01. The van der Waals surface area contributed by atoms with E-state index in [0.29, 0.717) is 12.5 Å². The summed E-state index contributed by atoms with van der Waals surface area (Å²) in [6.45, 7) is 2.06. The minimum Gasteiger partial charge on any atom is -0.399 e. The SMILES string of the molecule is CC1CC(=O)N(C2CCC2)N=C1c1ccc(N)cc1. The summed E-state index contributed by atoms with van der Waals surface area (Å²) in [5.41, 5.74) is 8.54. The molecule has 100 valence electrons. The number of nitrogen functional groups attached to an aromatic ring is 1. The summed E-state index contributed by atoms with van der Waals surface area (Å²) < 4.78 is 0. The van der Waals surface area contributed by atoms with E-state index in [9.17, 15) is 4.79 Å². The lowest BCUT2D eigenvalue weighted by Gasteiger charge is -2.37. The van der Waals surface area contributed by atoms with Crippen molar-refractivity contribution in [2.75, 3.05) is 5.73 Å². The predicted octanol–water partition coefficient (Wildman–Crippen LogP) is 2.39. The molecule has 1 heterocycles. The smallest absolute Gasteiger partial charge is 0.243 e. The van der Waals surface area contributed by atoms with Crippen molar-refractivity contribution in [1.82, 2.24) is 5.01 Å². The van der Waals surface area contributed by atoms with Crippen LogP contribution in [0.1, 0.15) is 38.2 Å². The number of nitrogens with two attached hydrogens (primary N) is 1. The van der Waals surface area contributed by atoms with Gasteiger partial charge in [-0.25, -0.2) is 5.01 Å².